The molecular formula is C20H18FN3O2S. The van der Waals surface area contributed by atoms with Gasteiger partial charge in [0.05, 0.1) is 5.54 Å². The fourth-order valence-corrected chi connectivity index (χ4v) is 4.16. The van der Waals surface area contributed by atoms with E-state index in [-0.39, 0.29) is 11.6 Å². The van der Waals surface area contributed by atoms with Crippen molar-refractivity contribution >= 4 is 39.5 Å². The molecule has 7 heteroatoms. The van der Waals surface area contributed by atoms with Gasteiger partial charge in [-0.25, -0.2) is 4.39 Å². The maximum absolute atomic E-state index is 14.5. The molecule has 0 saturated carbocycles. The molecule has 0 radical (unpaired) electrons. The average molecular weight is 383 g/mol. The molecule has 0 spiro atoms. The third-order valence-corrected chi connectivity index (χ3v) is 5.44. The van der Waals surface area contributed by atoms with Crippen LogP contribution in [0.2, 0.25) is 0 Å². The van der Waals surface area contributed by atoms with Crippen molar-refractivity contribution in [2.24, 2.45) is 10.7 Å². The highest BCUT2D eigenvalue weighted by atomic mass is 32.2. The van der Waals surface area contributed by atoms with Gasteiger partial charge in [0.2, 0.25) is 0 Å². The molecule has 138 valence electrons. The second kappa shape index (κ2) is 6.74. The Labute approximate surface area is 159 Å². The minimum Gasteiger partial charge on any atom is -0.451 e. The molecule has 2 heterocycles. The van der Waals surface area contributed by atoms with Gasteiger partial charge in [0.15, 0.2) is 10.9 Å². The van der Waals surface area contributed by atoms with Crippen molar-refractivity contribution in [1.29, 1.82) is 0 Å². The number of para-hydroxylation sites is 1. The standard InChI is InChI=1S/C20H18FN3O2S/c1-20(8-9-27-19(22)24-20)14-11-13(6-7-15(14)21)23-18(25)17-10-12-4-2-3-5-16(12)26-17/h2-7,10-11H,8-9H2,1H3,(H2,22,24)(H,23,25)/t20-/m0/s1. The van der Waals surface area contributed by atoms with E-state index in [1.54, 1.807) is 18.2 Å². The van der Waals surface area contributed by atoms with Crippen molar-refractivity contribution < 1.29 is 13.6 Å². The van der Waals surface area contributed by atoms with Gasteiger partial charge in [0, 0.05) is 22.4 Å². The van der Waals surface area contributed by atoms with E-state index < -0.39 is 11.4 Å². The molecule has 1 aromatic heterocycles. The highest BCUT2D eigenvalue weighted by molar-refractivity contribution is 8.13. The van der Waals surface area contributed by atoms with Crippen LogP contribution in [0.3, 0.4) is 0 Å². The van der Waals surface area contributed by atoms with Gasteiger partial charge in [-0.1, -0.05) is 30.0 Å². The number of rotatable bonds is 3. The lowest BCUT2D eigenvalue weighted by Gasteiger charge is -2.30. The fourth-order valence-electron chi connectivity index (χ4n) is 3.18. The molecular weight excluding hydrogens is 365 g/mol. The summed E-state index contributed by atoms with van der Waals surface area (Å²) in [5.41, 5.74) is 6.61. The minimum absolute atomic E-state index is 0.199. The van der Waals surface area contributed by atoms with E-state index in [2.05, 4.69) is 10.3 Å². The number of carbonyl (C=O) groups is 1. The third-order valence-electron chi connectivity index (χ3n) is 4.65. The molecule has 3 N–H and O–H groups in total. The second-order valence-electron chi connectivity index (χ2n) is 6.62. The number of benzene rings is 2. The van der Waals surface area contributed by atoms with Crippen molar-refractivity contribution in [3.05, 3.63) is 65.7 Å². The smallest absolute Gasteiger partial charge is 0.291 e. The van der Waals surface area contributed by atoms with Crippen LogP contribution in [0.4, 0.5) is 10.1 Å². The Hall–Kier alpha value is -2.80. The number of nitrogens with two attached hydrogens (primary N) is 1. The number of hydrogen-bond donors (Lipinski definition) is 2. The monoisotopic (exact) mass is 383 g/mol. The van der Waals surface area contributed by atoms with Crippen molar-refractivity contribution in [1.82, 2.24) is 0 Å². The van der Waals surface area contributed by atoms with Gasteiger partial charge in [-0.3, -0.25) is 9.79 Å². The maximum Gasteiger partial charge on any atom is 0.291 e. The molecule has 27 heavy (non-hydrogen) atoms. The molecule has 2 aromatic carbocycles. The van der Waals surface area contributed by atoms with Gasteiger partial charge >= 0.3 is 0 Å². The molecule has 4 rings (SSSR count). The van der Waals surface area contributed by atoms with Gasteiger partial charge in [0.1, 0.15) is 11.4 Å². The summed E-state index contributed by atoms with van der Waals surface area (Å²) in [5.74, 6) is 0.198. The average Bonchev–Trinajstić information content (AvgIpc) is 3.07. The quantitative estimate of drug-likeness (QED) is 0.698. The molecule has 1 amide bonds. The zero-order chi connectivity index (χ0) is 19.0. The summed E-state index contributed by atoms with van der Waals surface area (Å²) in [5, 5.41) is 4.06. The van der Waals surface area contributed by atoms with Crippen molar-refractivity contribution in [2.45, 2.75) is 18.9 Å². The van der Waals surface area contributed by atoms with E-state index in [4.69, 9.17) is 10.2 Å². The Morgan fingerprint density at radius 1 is 1.30 bits per heavy atom. The zero-order valence-corrected chi connectivity index (χ0v) is 15.5. The van der Waals surface area contributed by atoms with Crippen LogP contribution < -0.4 is 11.1 Å². The largest absolute Gasteiger partial charge is 0.451 e. The maximum atomic E-state index is 14.5. The second-order valence-corrected chi connectivity index (χ2v) is 7.73. The van der Waals surface area contributed by atoms with Crippen LogP contribution in [-0.2, 0) is 5.54 Å². The van der Waals surface area contributed by atoms with Crippen LogP contribution in [0.25, 0.3) is 11.0 Å². The van der Waals surface area contributed by atoms with E-state index in [9.17, 15) is 9.18 Å². The summed E-state index contributed by atoms with van der Waals surface area (Å²) in [6.07, 6.45) is 0.663. The molecule has 1 aliphatic rings. The lowest BCUT2D eigenvalue weighted by molar-refractivity contribution is 0.0998. The molecule has 0 saturated heterocycles. The number of amidine groups is 1. The van der Waals surface area contributed by atoms with Gasteiger partial charge in [-0.15, -0.1) is 0 Å². The number of carbonyl (C=O) groups excluding carboxylic acids is 1. The predicted octanol–water partition coefficient (Wildman–Crippen LogP) is 4.49. The number of thioether (sulfide) groups is 1. The van der Waals surface area contributed by atoms with Crippen molar-refractivity contribution in [3.8, 4) is 0 Å². The Balaban J connectivity index is 1.63. The lowest BCUT2D eigenvalue weighted by atomic mass is 9.89. The van der Waals surface area contributed by atoms with E-state index >= 15 is 0 Å². The van der Waals surface area contributed by atoms with Crippen molar-refractivity contribution in [3.63, 3.8) is 0 Å². The highest BCUT2D eigenvalue weighted by Gasteiger charge is 2.32. The zero-order valence-electron chi connectivity index (χ0n) is 14.7. The lowest BCUT2D eigenvalue weighted by Crippen LogP contribution is -2.29. The number of nitrogens with zero attached hydrogens (tertiary/aromatic N) is 1. The number of nitrogens with one attached hydrogen (secondary N) is 1. The summed E-state index contributed by atoms with van der Waals surface area (Å²) < 4.78 is 20.1. The highest BCUT2D eigenvalue weighted by Crippen LogP contribution is 2.37. The van der Waals surface area contributed by atoms with Crippen molar-refractivity contribution in [2.75, 3.05) is 11.1 Å². The molecule has 1 aliphatic heterocycles. The van der Waals surface area contributed by atoms with Gasteiger partial charge in [0.25, 0.3) is 5.91 Å². The Bertz CT molecular complexity index is 1030. The van der Waals surface area contributed by atoms with Crippen LogP contribution in [0.5, 0.6) is 0 Å². The van der Waals surface area contributed by atoms with Gasteiger partial charge in [-0.05, 0) is 43.7 Å². The summed E-state index contributed by atoms with van der Waals surface area (Å²) in [6, 6.07) is 13.5. The topological polar surface area (TPSA) is 80.6 Å². The summed E-state index contributed by atoms with van der Waals surface area (Å²) in [6.45, 7) is 1.85. The van der Waals surface area contributed by atoms with Crippen LogP contribution >= 0.6 is 11.8 Å². The van der Waals surface area contributed by atoms with Crippen LogP contribution in [0, 0.1) is 5.82 Å². The molecule has 0 unspecified atom stereocenters. The van der Waals surface area contributed by atoms with Gasteiger partial charge in [-0.2, -0.15) is 0 Å². The van der Waals surface area contributed by atoms with E-state index in [1.807, 2.05) is 25.1 Å². The molecule has 1 atom stereocenters. The first-order chi connectivity index (χ1) is 12.9. The number of hydrogen-bond acceptors (Lipinski definition) is 5. The third kappa shape index (κ3) is 3.42. The molecule has 5 nitrogen and oxygen atoms in total. The number of amides is 1. The molecule has 0 bridgehead atoms. The molecule has 3 aromatic rings. The SMILES string of the molecule is C[C@@]1(c2cc(NC(=O)c3cc4ccccc4o3)ccc2F)CCSC(N)=N1. The summed E-state index contributed by atoms with van der Waals surface area (Å²) >= 11 is 1.46. The normalized spacial score (nSPS) is 19.7. The number of furan rings is 1. The van der Waals surface area contributed by atoms with Crippen LogP contribution in [0.15, 0.2) is 57.9 Å². The number of fused-ring (bicyclic) bond motifs is 1. The van der Waals surface area contributed by atoms with Crippen LogP contribution in [-0.4, -0.2) is 16.8 Å². The first-order valence-corrected chi connectivity index (χ1v) is 9.51. The Morgan fingerprint density at radius 2 is 2.11 bits per heavy atom. The first-order valence-electron chi connectivity index (χ1n) is 8.53. The first kappa shape index (κ1) is 17.6. The van der Waals surface area contributed by atoms with Gasteiger partial charge < -0.3 is 15.5 Å². The Morgan fingerprint density at radius 3 is 2.89 bits per heavy atom. The summed E-state index contributed by atoms with van der Waals surface area (Å²) in [4.78, 5) is 17.0. The van der Waals surface area contributed by atoms with E-state index in [0.29, 0.717) is 28.4 Å². The molecule has 0 fully saturated rings. The fraction of sp³-hybridized carbons (Fsp3) is 0.200. The number of halogens is 1. The summed E-state index contributed by atoms with van der Waals surface area (Å²) in [7, 11) is 0. The Kier molecular flexibility index (Phi) is 4.39. The molecule has 0 aliphatic carbocycles. The van der Waals surface area contributed by atoms with Crippen LogP contribution in [0.1, 0.15) is 29.5 Å². The predicted molar refractivity (Wildman–Crippen MR) is 107 cm³/mol. The van der Waals surface area contributed by atoms with E-state index in [0.717, 1.165) is 11.1 Å². The number of aliphatic imine (C=N–C) groups is 1. The number of anilines is 1. The van der Waals surface area contributed by atoms with E-state index in [1.165, 1.54) is 23.9 Å². The minimum atomic E-state index is -0.750.